The van der Waals surface area contributed by atoms with Crippen LogP contribution in [0.15, 0.2) is 40.2 Å². The van der Waals surface area contributed by atoms with Gasteiger partial charge in [-0.2, -0.15) is 0 Å². The summed E-state index contributed by atoms with van der Waals surface area (Å²) in [4.78, 5) is 24.0. The Labute approximate surface area is 141 Å². The highest BCUT2D eigenvalue weighted by Crippen LogP contribution is 2.19. The monoisotopic (exact) mass is 381 g/mol. The van der Waals surface area contributed by atoms with Gasteiger partial charge in [-0.3, -0.25) is 9.59 Å². The highest BCUT2D eigenvalue weighted by atomic mass is 79.9. The van der Waals surface area contributed by atoms with E-state index in [9.17, 15) is 9.59 Å². The molecule has 0 aliphatic rings. The van der Waals surface area contributed by atoms with Crippen molar-refractivity contribution in [2.75, 3.05) is 6.61 Å². The second-order valence-electron chi connectivity index (χ2n) is 4.61. The van der Waals surface area contributed by atoms with Crippen LogP contribution < -0.4 is 5.32 Å². The Balaban J connectivity index is 1.86. The minimum atomic E-state index is -0.230. The first-order chi connectivity index (χ1) is 10.6. The number of carbonyl (C=O) groups excluding carboxylic acids is 2. The summed E-state index contributed by atoms with van der Waals surface area (Å²) in [6.45, 7) is 2.63. The van der Waals surface area contributed by atoms with Crippen molar-refractivity contribution < 1.29 is 14.3 Å². The predicted molar refractivity (Wildman–Crippen MR) is 90.0 cm³/mol. The number of rotatable bonds is 6. The quantitative estimate of drug-likeness (QED) is 0.778. The average molecular weight is 382 g/mol. The van der Waals surface area contributed by atoms with Gasteiger partial charge in [0, 0.05) is 16.4 Å². The molecule has 0 spiro atoms. The zero-order chi connectivity index (χ0) is 15.9. The maximum absolute atomic E-state index is 11.9. The fourth-order valence-corrected chi connectivity index (χ4v) is 3.20. The first-order valence-electron chi connectivity index (χ1n) is 6.84. The fourth-order valence-electron chi connectivity index (χ4n) is 1.86. The number of ether oxygens (including phenoxy) is 1. The van der Waals surface area contributed by atoms with Gasteiger partial charge < -0.3 is 10.1 Å². The summed E-state index contributed by atoms with van der Waals surface area (Å²) in [5.41, 5.74) is 1.88. The summed E-state index contributed by atoms with van der Waals surface area (Å²) in [6.07, 6.45) is 0.268. The van der Waals surface area contributed by atoms with Crippen LogP contribution in [0.1, 0.15) is 27.7 Å². The third-order valence-electron chi connectivity index (χ3n) is 2.92. The molecule has 0 radical (unpaired) electrons. The van der Waals surface area contributed by atoms with E-state index in [4.69, 9.17) is 4.74 Å². The lowest BCUT2D eigenvalue weighted by Gasteiger charge is -2.06. The number of thiophene rings is 1. The molecule has 0 bridgehead atoms. The Morgan fingerprint density at radius 2 is 1.91 bits per heavy atom. The summed E-state index contributed by atoms with van der Waals surface area (Å²) in [5, 5.41) is 4.74. The van der Waals surface area contributed by atoms with E-state index in [0.29, 0.717) is 18.0 Å². The van der Waals surface area contributed by atoms with Crippen molar-refractivity contribution in [3.63, 3.8) is 0 Å². The molecule has 1 aromatic heterocycles. The van der Waals surface area contributed by atoms with Gasteiger partial charge >= 0.3 is 5.97 Å². The molecular formula is C16H16BrNO3S. The standard InChI is InChI=1S/C16H16BrNO3S/c1-2-21-15(19)7-11-3-5-12(6-4-11)9-18-16(20)14-8-13(17)10-22-14/h3-6,8,10H,2,7,9H2,1H3,(H,18,20). The van der Waals surface area contributed by atoms with Gasteiger partial charge in [-0.1, -0.05) is 24.3 Å². The van der Waals surface area contributed by atoms with Crippen LogP contribution in [-0.2, 0) is 22.5 Å². The van der Waals surface area contributed by atoms with Gasteiger partial charge in [0.15, 0.2) is 0 Å². The van der Waals surface area contributed by atoms with Crippen molar-refractivity contribution in [3.05, 3.63) is 56.2 Å². The zero-order valence-electron chi connectivity index (χ0n) is 12.1. The van der Waals surface area contributed by atoms with Crippen LogP contribution >= 0.6 is 27.3 Å². The first kappa shape index (κ1) is 16.7. The largest absolute Gasteiger partial charge is 0.466 e. The molecule has 0 saturated heterocycles. The van der Waals surface area contributed by atoms with Gasteiger partial charge in [0.25, 0.3) is 5.91 Å². The van der Waals surface area contributed by atoms with E-state index in [-0.39, 0.29) is 18.3 Å². The van der Waals surface area contributed by atoms with Crippen LogP contribution in [0.4, 0.5) is 0 Å². The Morgan fingerprint density at radius 3 is 2.50 bits per heavy atom. The molecule has 0 saturated carbocycles. The van der Waals surface area contributed by atoms with Gasteiger partial charge in [0.05, 0.1) is 17.9 Å². The molecule has 0 aliphatic carbocycles. The second-order valence-corrected chi connectivity index (χ2v) is 6.44. The van der Waals surface area contributed by atoms with E-state index in [2.05, 4.69) is 21.2 Å². The number of amides is 1. The number of halogens is 1. The molecule has 1 aromatic carbocycles. The molecule has 6 heteroatoms. The van der Waals surface area contributed by atoms with Crippen LogP contribution in [0, 0.1) is 0 Å². The Hall–Kier alpha value is -1.66. The van der Waals surface area contributed by atoms with Crippen LogP contribution in [0.3, 0.4) is 0 Å². The van der Waals surface area contributed by atoms with E-state index in [0.717, 1.165) is 15.6 Å². The highest BCUT2D eigenvalue weighted by Gasteiger charge is 2.08. The van der Waals surface area contributed by atoms with Crippen LogP contribution in [0.25, 0.3) is 0 Å². The number of hydrogen-bond acceptors (Lipinski definition) is 4. The van der Waals surface area contributed by atoms with E-state index in [1.54, 1.807) is 13.0 Å². The van der Waals surface area contributed by atoms with E-state index in [1.165, 1.54) is 11.3 Å². The molecule has 1 amide bonds. The van der Waals surface area contributed by atoms with Crippen LogP contribution in [0.2, 0.25) is 0 Å². The van der Waals surface area contributed by atoms with Crippen LogP contribution in [-0.4, -0.2) is 18.5 Å². The van der Waals surface area contributed by atoms with Gasteiger partial charge in [-0.15, -0.1) is 11.3 Å². The molecule has 0 unspecified atom stereocenters. The van der Waals surface area contributed by atoms with Crippen molar-refractivity contribution in [1.82, 2.24) is 5.32 Å². The molecule has 2 aromatic rings. The molecule has 116 valence electrons. The van der Waals surface area contributed by atoms with Crippen LogP contribution in [0.5, 0.6) is 0 Å². The van der Waals surface area contributed by atoms with Crippen molar-refractivity contribution in [1.29, 1.82) is 0 Å². The number of benzene rings is 1. The van der Waals surface area contributed by atoms with Gasteiger partial charge in [0.1, 0.15) is 0 Å². The Kier molecular flexibility index (Phi) is 6.15. The summed E-state index contributed by atoms with van der Waals surface area (Å²) in [5.74, 6) is -0.321. The number of esters is 1. The smallest absolute Gasteiger partial charge is 0.310 e. The van der Waals surface area contributed by atoms with Crippen molar-refractivity contribution in [3.8, 4) is 0 Å². The maximum Gasteiger partial charge on any atom is 0.310 e. The first-order valence-corrected chi connectivity index (χ1v) is 8.51. The SMILES string of the molecule is CCOC(=O)Cc1ccc(CNC(=O)c2cc(Br)cs2)cc1. The van der Waals surface area contributed by atoms with E-state index >= 15 is 0 Å². The normalized spacial score (nSPS) is 10.3. The number of carbonyl (C=O) groups is 2. The molecule has 2 rings (SSSR count). The minimum absolute atomic E-state index is 0.0914. The lowest BCUT2D eigenvalue weighted by Crippen LogP contribution is -2.21. The highest BCUT2D eigenvalue weighted by molar-refractivity contribution is 9.10. The molecule has 4 nitrogen and oxygen atoms in total. The van der Waals surface area contributed by atoms with Crippen molar-refractivity contribution in [2.24, 2.45) is 0 Å². The number of hydrogen-bond donors (Lipinski definition) is 1. The lowest BCUT2D eigenvalue weighted by molar-refractivity contribution is -0.142. The molecule has 0 fully saturated rings. The third-order valence-corrected chi connectivity index (χ3v) is 4.61. The molecule has 0 atom stereocenters. The topological polar surface area (TPSA) is 55.4 Å². The van der Waals surface area contributed by atoms with E-state index in [1.807, 2.05) is 29.6 Å². The Morgan fingerprint density at radius 1 is 1.23 bits per heavy atom. The van der Waals surface area contributed by atoms with Crippen molar-refractivity contribution in [2.45, 2.75) is 19.9 Å². The zero-order valence-corrected chi connectivity index (χ0v) is 14.5. The molecule has 1 heterocycles. The summed E-state index contributed by atoms with van der Waals surface area (Å²) < 4.78 is 5.82. The van der Waals surface area contributed by atoms with E-state index < -0.39 is 0 Å². The molecule has 22 heavy (non-hydrogen) atoms. The van der Waals surface area contributed by atoms with Gasteiger partial charge in [-0.25, -0.2) is 0 Å². The lowest BCUT2D eigenvalue weighted by atomic mass is 10.1. The molecule has 1 N–H and O–H groups in total. The summed E-state index contributed by atoms with van der Waals surface area (Å²) >= 11 is 4.72. The number of nitrogens with one attached hydrogen (secondary N) is 1. The summed E-state index contributed by atoms with van der Waals surface area (Å²) in [6, 6.07) is 9.35. The third kappa shape index (κ3) is 4.96. The van der Waals surface area contributed by atoms with Gasteiger partial charge in [0.2, 0.25) is 0 Å². The molecular weight excluding hydrogens is 366 g/mol. The predicted octanol–water partition coefficient (Wildman–Crippen LogP) is 3.55. The van der Waals surface area contributed by atoms with Crippen molar-refractivity contribution >= 4 is 39.1 Å². The molecule has 0 aliphatic heterocycles. The second kappa shape index (κ2) is 8.10. The average Bonchev–Trinajstić information content (AvgIpc) is 2.93. The minimum Gasteiger partial charge on any atom is -0.466 e. The van der Waals surface area contributed by atoms with Gasteiger partial charge in [-0.05, 0) is 40.0 Å². The summed E-state index contributed by atoms with van der Waals surface area (Å²) in [7, 11) is 0. The maximum atomic E-state index is 11.9. The Bertz CT molecular complexity index is 652. The fraction of sp³-hybridized carbons (Fsp3) is 0.250.